The van der Waals surface area contributed by atoms with Gasteiger partial charge in [-0.05, 0) is 37.3 Å². The molecule has 1 amide bonds. The molecule has 3 rings (SSSR count). The first-order valence-corrected chi connectivity index (χ1v) is 9.91. The number of carbonyl (C=O) groups is 2. The summed E-state index contributed by atoms with van der Waals surface area (Å²) in [6, 6.07) is 14.4. The number of hydrogen-bond donors (Lipinski definition) is 2. The van der Waals surface area contributed by atoms with Gasteiger partial charge in [0.2, 0.25) is 15.9 Å². The summed E-state index contributed by atoms with van der Waals surface area (Å²) in [4.78, 5) is 28.2. The summed E-state index contributed by atoms with van der Waals surface area (Å²) in [5, 5.41) is 7.48. The zero-order chi connectivity index (χ0) is 21.0. The number of anilines is 1. The van der Waals surface area contributed by atoms with Crippen LogP contribution in [0.3, 0.4) is 0 Å². The van der Waals surface area contributed by atoms with E-state index in [1.807, 2.05) is 18.2 Å². The lowest BCUT2D eigenvalue weighted by atomic mass is 10.2. The number of carbonyl (C=O) groups excluding carboxylic acids is 2. The number of primary sulfonamides is 1. The van der Waals surface area contributed by atoms with Crippen LogP contribution in [-0.2, 0) is 19.6 Å². The van der Waals surface area contributed by atoms with Gasteiger partial charge in [0, 0.05) is 11.3 Å². The van der Waals surface area contributed by atoms with Crippen molar-refractivity contribution in [3.05, 3.63) is 66.1 Å². The van der Waals surface area contributed by atoms with Crippen molar-refractivity contribution in [2.24, 2.45) is 5.14 Å². The van der Waals surface area contributed by atoms with Gasteiger partial charge in [0.05, 0.1) is 4.90 Å². The van der Waals surface area contributed by atoms with E-state index < -0.39 is 28.5 Å². The average Bonchev–Trinajstić information content (AvgIpc) is 3.08. The molecule has 1 aromatic heterocycles. The number of aromatic nitrogens is 1. The topological polar surface area (TPSA) is 142 Å². The fourth-order valence-electron chi connectivity index (χ4n) is 2.44. The average molecular weight is 415 g/mol. The molecule has 0 bridgehead atoms. The molecule has 0 atom stereocenters. The fourth-order valence-corrected chi connectivity index (χ4v) is 3.00. The lowest BCUT2D eigenvalue weighted by Crippen LogP contribution is -2.21. The summed E-state index contributed by atoms with van der Waals surface area (Å²) in [7, 11) is -3.90. The van der Waals surface area contributed by atoms with Crippen molar-refractivity contribution < 1.29 is 27.2 Å². The minimum Gasteiger partial charge on any atom is -0.451 e. The van der Waals surface area contributed by atoms with Crippen LogP contribution in [0.15, 0.2) is 63.9 Å². The Labute approximate surface area is 166 Å². The van der Waals surface area contributed by atoms with Crippen LogP contribution in [0, 0.1) is 6.92 Å². The van der Waals surface area contributed by atoms with Gasteiger partial charge in [0.15, 0.2) is 12.3 Å². The van der Waals surface area contributed by atoms with Crippen LogP contribution in [0.4, 0.5) is 5.69 Å². The maximum Gasteiger partial charge on any atom is 0.361 e. The second-order valence-electron chi connectivity index (χ2n) is 5.99. The van der Waals surface area contributed by atoms with E-state index in [2.05, 4.69) is 10.3 Å². The SMILES string of the molecule is Cc1oc(-c2ccccc2)nc1C(=O)OCC(=O)Nc1cccc(S(N)(=O)=O)c1. The molecular weight excluding hydrogens is 398 g/mol. The maximum atomic E-state index is 12.2. The molecule has 3 aromatic rings. The van der Waals surface area contributed by atoms with Crippen molar-refractivity contribution in [1.82, 2.24) is 4.98 Å². The van der Waals surface area contributed by atoms with Crippen LogP contribution in [0.1, 0.15) is 16.2 Å². The van der Waals surface area contributed by atoms with Gasteiger partial charge in [-0.3, -0.25) is 4.79 Å². The molecule has 150 valence electrons. The maximum absolute atomic E-state index is 12.2. The number of benzene rings is 2. The summed E-state index contributed by atoms with van der Waals surface area (Å²) in [6.45, 7) is 0.972. The van der Waals surface area contributed by atoms with Gasteiger partial charge in [0.1, 0.15) is 5.76 Å². The number of nitrogens with zero attached hydrogens (tertiary/aromatic N) is 1. The molecule has 0 saturated carbocycles. The Morgan fingerprint density at radius 2 is 1.86 bits per heavy atom. The Morgan fingerprint density at radius 3 is 2.55 bits per heavy atom. The van der Waals surface area contributed by atoms with E-state index in [1.165, 1.54) is 24.3 Å². The number of aryl methyl sites for hydroxylation is 1. The predicted octanol–water partition coefficient (Wildman–Crippen LogP) is 2.09. The van der Waals surface area contributed by atoms with Crippen molar-refractivity contribution in [3.8, 4) is 11.5 Å². The van der Waals surface area contributed by atoms with Gasteiger partial charge in [-0.2, -0.15) is 0 Å². The van der Waals surface area contributed by atoms with E-state index in [0.29, 0.717) is 5.56 Å². The largest absolute Gasteiger partial charge is 0.451 e. The molecule has 29 heavy (non-hydrogen) atoms. The van der Waals surface area contributed by atoms with Crippen LogP contribution >= 0.6 is 0 Å². The van der Waals surface area contributed by atoms with E-state index in [9.17, 15) is 18.0 Å². The van der Waals surface area contributed by atoms with E-state index in [-0.39, 0.29) is 27.9 Å². The third-order valence-corrected chi connectivity index (χ3v) is 4.70. The Bertz CT molecular complexity index is 1160. The number of amides is 1. The number of hydrogen-bond acceptors (Lipinski definition) is 7. The summed E-state index contributed by atoms with van der Waals surface area (Å²) in [5.41, 5.74) is 0.858. The summed E-state index contributed by atoms with van der Waals surface area (Å²) >= 11 is 0. The van der Waals surface area contributed by atoms with Crippen molar-refractivity contribution >= 4 is 27.6 Å². The van der Waals surface area contributed by atoms with E-state index in [4.69, 9.17) is 14.3 Å². The Morgan fingerprint density at radius 1 is 1.14 bits per heavy atom. The van der Waals surface area contributed by atoms with Gasteiger partial charge in [-0.15, -0.1) is 0 Å². The molecule has 0 fully saturated rings. The quantitative estimate of drug-likeness (QED) is 0.587. The first kappa shape index (κ1) is 20.2. The second kappa shape index (κ2) is 8.25. The summed E-state index contributed by atoms with van der Waals surface area (Å²) in [5.74, 6) is -0.953. The van der Waals surface area contributed by atoms with Crippen molar-refractivity contribution in [3.63, 3.8) is 0 Å². The lowest BCUT2D eigenvalue weighted by molar-refractivity contribution is -0.119. The molecule has 0 saturated heterocycles. The molecule has 0 unspecified atom stereocenters. The zero-order valence-corrected chi connectivity index (χ0v) is 16.1. The molecule has 0 aliphatic carbocycles. The minimum atomic E-state index is -3.90. The standard InChI is InChI=1S/C19H17N3O6S/c1-12-17(22-18(28-12)13-6-3-2-4-7-13)19(24)27-11-16(23)21-14-8-5-9-15(10-14)29(20,25)26/h2-10H,11H2,1H3,(H,21,23)(H2,20,25,26). The lowest BCUT2D eigenvalue weighted by Gasteiger charge is -2.07. The number of nitrogens with two attached hydrogens (primary N) is 1. The van der Waals surface area contributed by atoms with Gasteiger partial charge in [-0.1, -0.05) is 24.3 Å². The van der Waals surface area contributed by atoms with Crippen LogP contribution in [0.2, 0.25) is 0 Å². The first-order chi connectivity index (χ1) is 13.7. The smallest absolute Gasteiger partial charge is 0.361 e. The highest BCUT2D eigenvalue weighted by Gasteiger charge is 2.20. The molecule has 0 aliphatic heterocycles. The minimum absolute atomic E-state index is 0.0344. The van der Waals surface area contributed by atoms with Gasteiger partial charge < -0.3 is 14.5 Å². The molecule has 2 aromatic carbocycles. The van der Waals surface area contributed by atoms with Crippen LogP contribution < -0.4 is 10.5 Å². The summed E-state index contributed by atoms with van der Waals surface area (Å²) < 4.78 is 33.2. The van der Waals surface area contributed by atoms with E-state index in [1.54, 1.807) is 19.1 Å². The van der Waals surface area contributed by atoms with E-state index >= 15 is 0 Å². The number of nitrogens with one attached hydrogen (secondary N) is 1. The third kappa shape index (κ3) is 5.06. The highest BCUT2D eigenvalue weighted by atomic mass is 32.2. The number of sulfonamides is 1. The molecule has 0 spiro atoms. The fraction of sp³-hybridized carbons (Fsp3) is 0.105. The first-order valence-electron chi connectivity index (χ1n) is 8.37. The summed E-state index contributed by atoms with van der Waals surface area (Å²) in [6.07, 6.45) is 0. The van der Waals surface area contributed by atoms with Crippen LogP contribution in [-0.4, -0.2) is 31.9 Å². The number of ether oxygens (including phenoxy) is 1. The monoisotopic (exact) mass is 415 g/mol. The van der Waals surface area contributed by atoms with Gasteiger partial charge in [-0.25, -0.2) is 23.3 Å². The Balaban J connectivity index is 1.63. The number of oxazole rings is 1. The van der Waals surface area contributed by atoms with Crippen molar-refractivity contribution in [1.29, 1.82) is 0 Å². The molecule has 0 radical (unpaired) electrons. The molecule has 10 heteroatoms. The zero-order valence-electron chi connectivity index (χ0n) is 15.3. The highest BCUT2D eigenvalue weighted by Crippen LogP contribution is 2.22. The van der Waals surface area contributed by atoms with E-state index in [0.717, 1.165) is 0 Å². The van der Waals surface area contributed by atoms with Crippen LogP contribution in [0.25, 0.3) is 11.5 Å². The molecule has 3 N–H and O–H groups in total. The highest BCUT2D eigenvalue weighted by molar-refractivity contribution is 7.89. The van der Waals surface area contributed by atoms with Crippen LogP contribution in [0.5, 0.6) is 0 Å². The number of rotatable bonds is 6. The van der Waals surface area contributed by atoms with Gasteiger partial charge in [0.25, 0.3) is 5.91 Å². The molecule has 0 aliphatic rings. The predicted molar refractivity (Wildman–Crippen MR) is 103 cm³/mol. The number of esters is 1. The van der Waals surface area contributed by atoms with Crippen molar-refractivity contribution in [2.75, 3.05) is 11.9 Å². The molecular formula is C19H17N3O6S. The molecule has 9 nitrogen and oxygen atoms in total. The Kier molecular flexibility index (Phi) is 5.76. The normalized spacial score (nSPS) is 11.1. The Hall–Kier alpha value is -3.50. The third-order valence-electron chi connectivity index (χ3n) is 3.79. The van der Waals surface area contributed by atoms with Crippen molar-refractivity contribution in [2.45, 2.75) is 11.8 Å². The molecule has 1 heterocycles. The second-order valence-corrected chi connectivity index (χ2v) is 7.55. The van der Waals surface area contributed by atoms with Gasteiger partial charge >= 0.3 is 5.97 Å².